The van der Waals surface area contributed by atoms with Gasteiger partial charge in [0.25, 0.3) is 0 Å². The SMILES string of the molecule is CC1(CO)C(O)CCC2(C)C3CC(C4=CCOC4=O)=CC3CCC12. The summed E-state index contributed by atoms with van der Waals surface area (Å²) < 4.78 is 5.09. The lowest BCUT2D eigenvalue weighted by Gasteiger charge is -2.60. The summed E-state index contributed by atoms with van der Waals surface area (Å²) in [6.45, 7) is 4.85. The molecule has 4 heteroatoms. The van der Waals surface area contributed by atoms with Gasteiger partial charge in [-0.25, -0.2) is 4.79 Å². The van der Waals surface area contributed by atoms with Gasteiger partial charge in [0.05, 0.1) is 18.3 Å². The molecule has 0 bridgehead atoms. The van der Waals surface area contributed by atoms with Gasteiger partial charge >= 0.3 is 5.97 Å². The Bertz CT molecular complexity index is 621. The molecule has 0 aromatic heterocycles. The van der Waals surface area contributed by atoms with Gasteiger partial charge in [0.15, 0.2) is 0 Å². The van der Waals surface area contributed by atoms with Crippen molar-refractivity contribution in [3.05, 3.63) is 23.3 Å². The second-order valence-electron chi connectivity index (χ2n) is 8.74. The van der Waals surface area contributed by atoms with Crippen LogP contribution in [0.1, 0.15) is 46.0 Å². The fourth-order valence-corrected chi connectivity index (χ4v) is 6.28. The number of hydrogen-bond acceptors (Lipinski definition) is 4. The average molecular weight is 332 g/mol. The van der Waals surface area contributed by atoms with E-state index in [0.29, 0.717) is 24.4 Å². The highest BCUT2D eigenvalue weighted by atomic mass is 16.5. The molecule has 132 valence electrons. The van der Waals surface area contributed by atoms with Gasteiger partial charge < -0.3 is 14.9 Å². The van der Waals surface area contributed by atoms with Crippen molar-refractivity contribution in [2.45, 2.75) is 52.1 Å². The zero-order valence-electron chi connectivity index (χ0n) is 14.6. The van der Waals surface area contributed by atoms with Crippen LogP contribution >= 0.6 is 0 Å². The fraction of sp³-hybridized carbons (Fsp3) is 0.750. The highest BCUT2D eigenvalue weighted by Gasteiger charge is 2.59. The molecule has 2 fully saturated rings. The molecule has 0 amide bonds. The number of rotatable bonds is 2. The van der Waals surface area contributed by atoms with Crippen LogP contribution in [0.3, 0.4) is 0 Å². The van der Waals surface area contributed by atoms with Gasteiger partial charge in [0, 0.05) is 5.41 Å². The molecule has 0 radical (unpaired) electrons. The molecular weight excluding hydrogens is 304 g/mol. The second kappa shape index (κ2) is 5.43. The molecule has 0 spiro atoms. The predicted octanol–water partition coefficient (Wildman–Crippen LogP) is 2.60. The maximum Gasteiger partial charge on any atom is 0.338 e. The van der Waals surface area contributed by atoms with E-state index in [4.69, 9.17) is 4.74 Å². The van der Waals surface area contributed by atoms with Crippen molar-refractivity contribution in [1.82, 2.24) is 0 Å². The standard InChI is InChI=1S/C20H28O4/c1-19-7-5-17(22)20(2,11-21)16(19)4-3-12-9-13(10-15(12)19)14-6-8-24-18(14)23/h6,9,12,15-17,21-22H,3-5,7-8,10-11H2,1-2H3. The number of aliphatic hydroxyl groups is 2. The fourth-order valence-electron chi connectivity index (χ4n) is 6.28. The van der Waals surface area contributed by atoms with Gasteiger partial charge in [0.2, 0.25) is 0 Å². The molecule has 4 rings (SSSR count). The van der Waals surface area contributed by atoms with Gasteiger partial charge in [0.1, 0.15) is 6.61 Å². The number of ether oxygens (including phenoxy) is 1. The minimum Gasteiger partial charge on any atom is -0.458 e. The van der Waals surface area contributed by atoms with Crippen LogP contribution in [0.2, 0.25) is 0 Å². The van der Waals surface area contributed by atoms with Gasteiger partial charge in [-0.2, -0.15) is 0 Å². The quantitative estimate of drug-likeness (QED) is 0.763. The number of cyclic esters (lactones) is 1. The normalized spacial score (nSPS) is 47.6. The summed E-state index contributed by atoms with van der Waals surface area (Å²) in [5, 5.41) is 20.6. The number of allylic oxidation sites excluding steroid dienone is 1. The van der Waals surface area contributed by atoms with Gasteiger partial charge in [-0.3, -0.25) is 0 Å². The van der Waals surface area contributed by atoms with E-state index in [1.165, 1.54) is 0 Å². The van der Waals surface area contributed by atoms with Crippen LogP contribution in [0, 0.1) is 28.6 Å². The highest BCUT2D eigenvalue weighted by Crippen LogP contribution is 2.64. The van der Waals surface area contributed by atoms with Crippen LogP contribution in [0.4, 0.5) is 0 Å². The molecule has 2 N–H and O–H groups in total. The Morgan fingerprint density at radius 1 is 1.29 bits per heavy atom. The summed E-state index contributed by atoms with van der Waals surface area (Å²) in [6.07, 6.45) is 8.61. The molecule has 3 aliphatic carbocycles. The zero-order valence-corrected chi connectivity index (χ0v) is 14.6. The van der Waals surface area contributed by atoms with E-state index in [1.807, 2.05) is 6.08 Å². The number of esters is 1. The molecule has 24 heavy (non-hydrogen) atoms. The predicted molar refractivity (Wildman–Crippen MR) is 90.0 cm³/mol. The molecule has 4 aliphatic rings. The Morgan fingerprint density at radius 2 is 2.08 bits per heavy atom. The lowest BCUT2D eigenvalue weighted by Crippen LogP contribution is -2.58. The summed E-state index contributed by atoms with van der Waals surface area (Å²) >= 11 is 0. The molecule has 1 aliphatic heterocycles. The first-order valence-corrected chi connectivity index (χ1v) is 9.27. The first kappa shape index (κ1) is 16.3. The highest BCUT2D eigenvalue weighted by molar-refractivity contribution is 5.95. The van der Waals surface area contributed by atoms with Crippen LogP contribution in [0.5, 0.6) is 0 Å². The van der Waals surface area contributed by atoms with Gasteiger partial charge in [-0.05, 0) is 66.9 Å². The molecule has 0 aromatic carbocycles. The van der Waals surface area contributed by atoms with Crippen molar-refractivity contribution in [1.29, 1.82) is 0 Å². The van der Waals surface area contributed by atoms with Crippen molar-refractivity contribution < 1.29 is 19.7 Å². The van der Waals surface area contributed by atoms with Crippen LogP contribution in [0.15, 0.2) is 23.3 Å². The molecule has 2 saturated carbocycles. The largest absolute Gasteiger partial charge is 0.458 e. The summed E-state index contributed by atoms with van der Waals surface area (Å²) in [5.41, 5.74) is 1.63. The van der Waals surface area contributed by atoms with E-state index >= 15 is 0 Å². The maximum absolute atomic E-state index is 11.9. The van der Waals surface area contributed by atoms with E-state index < -0.39 is 11.5 Å². The third-order valence-electron chi connectivity index (χ3n) is 7.73. The first-order chi connectivity index (χ1) is 11.4. The van der Waals surface area contributed by atoms with E-state index in [2.05, 4.69) is 19.9 Å². The lowest BCUT2D eigenvalue weighted by atomic mass is 9.46. The van der Waals surface area contributed by atoms with Crippen molar-refractivity contribution in [3.63, 3.8) is 0 Å². The topological polar surface area (TPSA) is 66.8 Å². The van der Waals surface area contributed by atoms with E-state index in [0.717, 1.165) is 43.3 Å². The Labute approximate surface area is 143 Å². The third kappa shape index (κ3) is 2.08. The molecule has 6 atom stereocenters. The maximum atomic E-state index is 11.9. The molecule has 4 nitrogen and oxygen atoms in total. The Hall–Kier alpha value is -1.13. The average Bonchev–Trinajstić information content (AvgIpc) is 3.17. The van der Waals surface area contributed by atoms with Crippen LogP contribution in [-0.2, 0) is 9.53 Å². The summed E-state index contributed by atoms with van der Waals surface area (Å²) in [5.74, 6) is 1.16. The van der Waals surface area contributed by atoms with Crippen molar-refractivity contribution in [2.75, 3.05) is 13.2 Å². The monoisotopic (exact) mass is 332 g/mol. The minimum atomic E-state index is -0.418. The Morgan fingerprint density at radius 3 is 2.75 bits per heavy atom. The van der Waals surface area contributed by atoms with Gasteiger partial charge in [-0.15, -0.1) is 0 Å². The van der Waals surface area contributed by atoms with Gasteiger partial charge in [-0.1, -0.05) is 19.9 Å². The zero-order chi connectivity index (χ0) is 17.1. The molecule has 0 saturated heterocycles. The van der Waals surface area contributed by atoms with Crippen molar-refractivity contribution in [3.8, 4) is 0 Å². The van der Waals surface area contributed by atoms with Crippen LogP contribution in [0.25, 0.3) is 0 Å². The number of hydrogen-bond donors (Lipinski definition) is 2. The number of carbonyl (C=O) groups is 1. The molecule has 0 aromatic rings. The summed E-state index contributed by atoms with van der Waals surface area (Å²) in [6, 6.07) is 0. The van der Waals surface area contributed by atoms with E-state index in [-0.39, 0.29) is 18.0 Å². The van der Waals surface area contributed by atoms with E-state index in [1.54, 1.807) is 0 Å². The Balaban J connectivity index is 1.64. The molecule has 1 heterocycles. The number of aliphatic hydroxyl groups excluding tert-OH is 2. The van der Waals surface area contributed by atoms with E-state index in [9.17, 15) is 15.0 Å². The van der Waals surface area contributed by atoms with Crippen LogP contribution in [-0.4, -0.2) is 35.5 Å². The number of carbonyl (C=O) groups excluding carboxylic acids is 1. The molecule has 6 unspecified atom stereocenters. The summed E-state index contributed by atoms with van der Waals surface area (Å²) in [7, 11) is 0. The Kier molecular flexibility index (Phi) is 3.70. The molecular formula is C20H28O4. The third-order valence-corrected chi connectivity index (χ3v) is 7.73. The second-order valence-corrected chi connectivity index (χ2v) is 8.74. The lowest BCUT2D eigenvalue weighted by molar-refractivity contribution is -0.166. The number of fused-ring (bicyclic) bond motifs is 3. The van der Waals surface area contributed by atoms with Crippen LogP contribution < -0.4 is 0 Å². The van der Waals surface area contributed by atoms with Crippen molar-refractivity contribution >= 4 is 5.97 Å². The van der Waals surface area contributed by atoms with Crippen molar-refractivity contribution in [2.24, 2.45) is 28.6 Å². The first-order valence-electron chi connectivity index (χ1n) is 9.27. The smallest absolute Gasteiger partial charge is 0.338 e. The minimum absolute atomic E-state index is 0.0452. The summed E-state index contributed by atoms with van der Waals surface area (Å²) in [4.78, 5) is 11.9.